The average Bonchev–Trinajstić information content (AvgIpc) is 1.94. The van der Waals surface area contributed by atoms with Gasteiger partial charge in [-0.1, -0.05) is 11.6 Å². The molecular weight excluding hydrogens is 146 g/mol. The van der Waals surface area contributed by atoms with Crippen molar-refractivity contribution in [1.29, 1.82) is 5.26 Å². The van der Waals surface area contributed by atoms with Gasteiger partial charge in [-0.25, -0.2) is 0 Å². The standard InChI is InChI=1S/C8H5ClN/c1-6-2-3-8(9)4-7(6)5-10/h2,4H,1H3. The summed E-state index contributed by atoms with van der Waals surface area (Å²) in [5.74, 6) is 0. The topological polar surface area (TPSA) is 23.8 Å². The van der Waals surface area contributed by atoms with Gasteiger partial charge in [-0.3, -0.25) is 0 Å². The smallest absolute Gasteiger partial charge is 0.0994 e. The lowest BCUT2D eigenvalue weighted by atomic mass is 10.1. The van der Waals surface area contributed by atoms with Gasteiger partial charge in [-0.05, 0) is 24.6 Å². The number of hydrogen-bond acceptors (Lipinski definition) is 1. The molecule has 0 spiro atoms. The van der Waals surface area contributed by atoms with E-state index in [0.717, 1.165) is 5.56 Å². The Kier molecular flexibility index (Phi) is 1.94. The molecule has 0 amide bonds. The minimum absolute atomic E-state index is 0.488. The van der Waals surface area contributed by atoms with Gasteiger partial charge >= 0.3 is 0 Å². The number of nitrogens with zero attached hydrogens (tertiary/aromatic N) is 1. The Morgan fingerprint density at radius 3 is 2.90 bits per heavy atom. The second-order valence-electron chi connectivity index (χ2n) is 1.99. The van der Waals surface area contributed by atoms with Gasteiger partial charge in [0.1, 0.15) is 0 Å². The van der Waals surface area contributed by atoms with E-state index in [1.54, 1.807) is 12.1 Å². The molecule has 0 unspecified atom stereocenters. The molecule has 0 bridgehead atoms. The van der Waals surface area contributed by atoms with Crippen molar-refractivity contribution in [3.05, 3.63) is 34.3 Å². The number of nitriles is 1. The van der Waals surface area contributed by atoms with Crippen LogP contribution in [0.25, 0.3) is 0 Å². The van der Waals surface area contributed by atoms with Crippen molar-refractivity contribution in [2.45, 2.75) is 6.92 Å². The van der Waals surface area contributed by atoms with Gasteiger partial charge in [0, 0.05) is 11.1 Å². The molecule has 10 heavy (non-hydrogen) atoms. The molecule has 1 radical (unpaired) electrons. The zero-order chi connectivity index (χ0) is 7.56. The molecule has 0 N–H and O–H groups in total. The first-order chi connectivity index (χ1) is 4.74. The summed E-state index contributed by atoms with van der Waals surface area (Å²) < 4.78 is 0. The summed E-state index contributed by atoms with van der Waals surface area (Å²) in [5, 5.41) is 9.01. The highest BCUT2D eigenvalue weighted by Crippen LogP contribution is 2.12. The molecule has 0 aliphatic heterocycles. The molecule has 0 saturated carbocycles. The Hall–Kier alpha value is -1.00. The number of hydrogen-bond donors (Lipinski definition) is 0. The molecule has 0 aliphatic rings. The van der Waals surface area contributed by atoms with Crippen LogP contribution in [0.2, 0.25) is 5.02 Å². The van der Waals surface area contributed by atoms with E-state index in [9.17, 15) is 0 Å². The fraction of sp³-hybridized carbons (Fsp3) is 0.125. The first kappa shape index (κ1) is 7.11. The molecule has 0 heterocycles. The SMILES string of the molecule is Cc1c[c]c(Cl)cc1C#N. The van der Waals surface area contributed by atoms with Crippen LogP contribution in [0.15, 0.2) is 12.1 Å². The second kappa shape index (κ2) is 2.72. The third-order valence-corrected chi connectivity index (χ3v) is 1.46. The van der Waals surface area contributed by atoms with Gasteiger partial charge in [0.15, 0.2) is 0 Å². The molecule has 1 nitrogen and oxygen atoms in total. The number of benzene rings is 1. The Morgan fingerprint density at radius 2 is 2.40 bits per heavy atom. The van der Waals surface area contributed by atoms with E-state index in [2.05, 4.69) is 6.07 Å². The molecule has 0 fully saturated rings. The van der Waals surface area contributed by atoms with Crippen molar-refractivity contribution < 1.29 is 0 Å². The van der Waals surface area contributed by atoms with Crippen LogP contribution >= 0.6 is 11.6 Å². The highest BCUT2D eigenvalue weighted by atomic mass is 35.5. The monoisotopic (exact) mass is 150 g/mol. The minimum atomic E-state index is 0.488. The predicted molar refractivity (Wildman–Crippen MR) is 39.7 cm³/mol. The number of aryl methyl sites for hydroxylation is 1. The van der Waals surface area contributed by atoms with Gasteiger partial charge in [-0.15, -0.1) is 0 Å². The normalized spacial score (nSPS) is 8.90. The predicted octanol–water partition coefficient (Wildman–Crippen LogP) is 2.32. The van der Waals surface area contributed by atoms with Crippen LogP contribution in [-0.4, -0.2) is 0 Å². The molecule has 0 aromatic heterocycles. The van der Waals surface area contributed by atoms with Crippen molar-refractivity contribution in [2.24, 2.45) is 0 Å². The van der Waals surface area contributed by atoms with E-state index < -0.39 is 0 Å². The van der Waals surface area contributed by atoms with E-state index in [1.807, 2.05) is 13.0 Å². The molecule has 1 aromatic rings. The highest BCUT2D eigenvalue weighted by molar-refractivity contribution is 6.30. The third kappa shape index (κ3) is 1.29. The van der Waals surface area contributed by atoms with E-state index in [4.69, 9.17) is 16.9 Å². The fourth-order valence-corrected chi connectivity index (χ4v) is 0.821. The van der Waals surface area contributed by atoms with E-state index in [0.29, 0.717) is 10.6 Å². The second-order valence-corrected chi connectivity index (χ2v) is 2.40. The molecule has 2 heteroatoms. The summed E-state index contributed by atoms with van der Waals surface area (Å²) in [7, 11) is 0. The lowest BCUT2D eigenvalue weighted by Gasteiger charge is -1.94. The van der Waals surface area contributed by atoms with Crippen molar-refractivity contribution in [1.82, 2.24) is 0 Å². The van der Waals surface area contributed by atoms with Crippen molar-refractivity contribution in [3.8, 4) is 6.07 Å². The Bertz CT molecular complexity index is 286. The quantitative estimate of drug-likeness (QED) is 0.557. The van der Waals surface area contributed by atoms with Gasteiger partial charge in [0.2, 0.25) is 0 Å². The lowest BCUT2D eigenvalue weighted by Crippen LogP contribution is -1.79. The van der Waals surface area contributed by atoms with Crippen LogP contribution < -0.4 is 0 Å². The van der Waals surface area contributed by atoms with E-state index >= 15 is 0 Å². The van der Waals surface area contributed by atoms with Gasteiger partial charge < -0.3 is 0 Å². The summed E-state index contributed by atoms with van der Waals surface area (Å²) in [6.45, 7) is 1.85. The molecule has 1 rings (SSSR count). The van der Waals surface area contributed by atoms with Gasteiger partial charge in [0.25, 0.3) is 0 Å². The molecule has 0 atom stereocenters. The highest BCUT2D eigenvalue weighted by Gasteiger charge is 1.95. The van der Waals surface area contributed by atoms with E-state index in [-0.39, 0.29) is 0 Å². The van der Waals surface area contributed by atoms with Crippen LogP contribution in [0.5, 0.6) is 0 Å². The van der Waals surface area contributed by atoms with E-state index in [1.165, 1.54) is 0 Å². The largest absolute Gasteiger partial charge is 0.192 e. The molecule has 0 aliphatic carbocycles. The summed E-state index contributed by atoms with van der Waals surface area (Å²) in [4.78, 5) is 0. The van der Waals surface area contributed by atoms with Crippen LogP contribution in [0.4, 0.5) is 0 Å². The zero-order valence-electron chi connectivity index (χ0n) is 5.48. The van der Waals surface area contributed by atoms with Crippen LogP contribution in [0, 0.1) is 24.3 Å². The van der Waals surface area contributed by atoms with Crippen LogP contribution in [0.3, 0.4) is 0 Å². The Morgan fingerprint density at radius 1 is 1.70 bits per heavy atom. The average molecular weight is 151 g/mol. The summed E-state index contributed by atoms with van der Waals surface area (Å²) in [6, 6.07) is 8.14. The Balaban J connectivity index is 3.25. The maximum Gasteiger partial charge on any atom is 0.0994 e. The minimum Gasteiger partial charge on any atom is -0.192 e. The summed E-state index contributed by atoms with van der Waals surface area (Å²) >= 11 is 5.59. The molecular formula is C8H5ClN. The number of halogens is 1. The van der Waals surface area contributed by atoms with Crippen molar-refractivity contribution in [2.75, 3.05) is 0 Å². The lowest BCUT2D eigenvalue weighted by molar-refractivity contribution is 1.39. The Labute approximate surface area is 64.9 Å². The summed E-state index contributed by atoms with van der Waals surface area (Å²) in [6.07, 6.45) is 0. The first-order valence-corrected chi connectivity index (χ1v) is 3.20. The maximum atomic E-state index is 8.52. The molecule has 0 saturated heterocycles. The first-order valence-electron chi connectivity index (χ1n) is 2.82. The summed E-state index contributed by atoms with van der Waals surface area (Å²) in [5.41, 5.74) is 1.52. The van der Waals surface area contributed by atoms with Crippen molar-refractivity contribution >= 4 is 11.6 Å². The van der Waals surface area contributed by atoms with Crippen molar-refractivity contribution in [3.63, 3.8) is 0 Å². The third-order valence-electron chi connectivity index (χ3n) is 1.24. The number of rotatable bonds is 0. The van der Waals surface area contributed by atoms with Crippen LogP contribution in [-0.2, 0) is 0 Å². The maximum absolute atomic E-state index is 8.52. The fourth-order valence-electron chi connectivity index (χ4n) is 0.658. The van der Waals surface area contributed by atoms with Gasteiger partial charge in [0.05, 0.1) is 11.6 Å². The zero-order valence-corrected chi connectivity index (χ0v) is 6.24. The molecule has 1 aromatic carbocycles. The van der Waals surface area contributed by atoms with Gasteiger partial charge in [-0.2, -0.15) is 5.26 Å². The van der Waals surface area contributed by atoms with Crippen LogP contribution in [0.1, 0.15) is 11.1 Å². The molecule has 49 valence electrons.